The van der Waals surface area contributed by atoms with Crippen LogP contribution < -0.4 is 29.6 Å². The number of aryl methyl sites for hydroxylation is 1. The molecule has 1 N–H and O–H groups in total. The van der Waals surface area contributed by atoms with Gasteiger partial charge in [0.05, 0.1) is 33.1 Å². The van der Waals surface area contributed by atoms with Gasteiger partial charge in [-0.1, -0.05) is 50.6 Å². The number of aromatic amines is 1. The van der Waals surface area contributed by atoms with Gasteiger partial charge in [0.25, 0.3) is 0 Å². The van der Waals surface area contributed by atoms with Crippen molar-refractivity contribution in [3.8, 4) is 22.8 Å². The van der Waals surface area contributed by atoms with E-state index in [2.05, 4.69) is 20.1 Å². The molecular weight excluding hydrogens is 507 g/mol. The number of fused-ring (bicyclic) bond motifs is 1. The molecule has 0 radical (unpaired) electrons. The first-order valence-corrected chi connectivity index (χ1v) is 10.3. The first kappa shape index (κ1) is 27.5. The zero-order chi connectivity index (χ0) is 25.2. The minimum atomic E-state index is -4.89. The topological polar surface area (TPSA) is 59.4 Å². The maximum atomic E-state index is 13.9. The maximum absolute atomic E-state index is 13.9. The van der Waals surface area contributed by atoms with E-state index in [4.69, 9.17) is 11.6 Å². The van der Waals surface area contributed by atoms with E-state index in [9.17, 15) is 26.3 Å². The number of benzene rings is 1. The van der Waals surface area contributed by atoms with Crippen LogP contribution in [0.4, 0.5) is 26.3 Å². The van der Waals surface area contributed by atoms with Crippen molar-refractivity contribution in [2.75, 3.05) is 0 Å². The van der Waals surface area contributed by atoms with Gasteiger partial charge in [-0.3, -0.25) is 4.68 Å². The summed E-state index contributed by atoms with van der Waals surface area (Å²) < 4.78 is 83.7. The van der Waals surface area contributed by atoms with Crippen LogP contribution in [-0.2, 0) is 24.8 Å². The quantitative estimate of drug-likeness (QED) is 0.316. The molecule has 3 aromatic heterocycles. The molecule has 182 valence electrons. The van der Waals surface area contributed by atoms with Gasteiger partial charge in [0.15, 0.2) is 11.5 Å². The number of hydrogen-bond acceptors (Lipinski definition) is 3. The molecule has 0 saturated carbocycles. The fraction of sp³-hybridized carbons (Fsp3) is 0.318. The average molecular weight is 526 g/mol. The predicted octanol–water partition coefficient (Wildman–Crippen LogP) is 4.13. The average Bonchev–Trinajstić information content (AvgIpc) is 3.25. The molecule has 0 amide bonds. The summed E-state index contributed by atoms with van der Waals surface area (Å²) >= 11 is 6.49. The number of H-pyrrole nitrogens is 1. The zero-order valence-corrected chi connectivity index (χ0v) is 22.1. The van der Waals surface area contributed by atoms with Crippen LogP contribution in [0.2, 0.25) is 5.02 Å². The predicted molar refractivity (Wildman–Crippen MR) is 116 cm³/mol. The number of alkyl halides is 6. The first-order valence-electron chi connectivity index (χ1n) is 9.97. The van der Waals surface area contributed by atoms with Crippen LogP contribution in [0.15, 0.2) is 30.3 Å². The molecule has 13 heteroatoms. The fourth-order valence-corrected chi connectivity index (χ4v) is 4.18. The summed E-state index contributed by atoms with van der Waals surface area (Å²) in [7, 11) is 1.56. The van der Waals surface area contributed by atoms with Crippen molar-refractivity contribution in [1.29, 1.82) is 0 Å². The second kappa shape index (κ2) is 9.10. The Balaban J connectivity index is 0.00000228. The summed E-state index contributed by atoms with van der Waals surface area (Å²) in [6.07, 6.45) is -9.67. The van der Waals surface area contributed by atoms with Crippen molar-refractivity contribution in [3.05, 3.63) is 52.2 Å². The number of imidazole rings is 1. The van der Waals surface area contributed by atoms with E-state index in [1.807, 2.05) is 20.8 Å². The molecule has 0 aliphatic heterocycles. The van der Waals surface area contributed by atoms with Crippen molar-refractivity contribution >= 4 is 22.8 Å². The van der Waals surface area contributed by atoms with Crippen LogP contribution >= 0.6 is 11.6 Å². The van der Waals surface area contributed by atoms with Crippen molar-refractivity contribution in [2.24, 2.45) is 7.05 Å². The van der Waals surface area contributed by atoms with Crippen LogP contribution in [0.3, 0.4) is 0 Å². The smallest absolute Gasteiger partial charge is 1.00 e. The van der Waals surface area contributed by atoms with Gasteiger partial charge in [0, 0.05) is 18.0 Å². The molecule has 4 aromatic rings. The van der Waals surface area contributed by atoms with E-state index in [1.165, 1.54) is 10.7 Å². The molecule has 0 fully saturated rings. The van der Waals surface area contributed by atoms with E-state index >= 15 is 0 Å². The van der Waals surface area contributed by atoms with Crippen LogP contribution in [0.25, 0.3) is 33.9 Å². The second-order valence-corrected chi connectivity index (χ2v) is 9.14. The number of rotatable bonds is 2. The molecule has 3 heterocycles. The Hall–Kier alpha value is -2.08. The van der Waals surface area contributed by atoms with Gasteiger partial charge in [0.1, 0.15) is 5.69 Å². The van der Waals surface area contributed by atoms with Crippen molar-refractivity contribution < 1.29 is 57.3 Å². The van der Waals surface area contributed by atoms with Gasteiger partial charge in [-0.05, 0) is 12.1 Å². The molecule has 0 unspecified atom stereocenters. The standard InChI is InChI=1S/C22H18ClF6N5.Na.H/c1-20(2,3)17-14(23)16(34(4)33-17)19-31-15-12(22(27,28)29)9-13(30-18(15)32-19)10-7-5-6-8-11(10)21(24,25)26;;/h5-9H,1-4H3,(H,30,31,32);;/q;+1;-1. The van der Waals surface area contributed by atoms with Crippen LogP contribution in [-0.4, -0.2) is 24.7 Å². The zero-order valence-electron chi connectivity index (χ0n) is 20.3. The van der Waals surface area contributed by atoms with E-state index in [0.717, 1.165) is 18.2 Å². The monoisotopic (exact) mass is 525 g/mol. The molecule has 0 bridgehead atoms. The summed E-state index contributed by atoms with van der Waals surface area (Å²) in [6, 6.07) is 4.88. The minimum Gasteiger partial charge on any atom is -1.00 e. The Kier molecular flexibility index (Phi) is 7.15. The van der Waals surface area contributed by atoms with Gasteiger partial charge in [-0.25, -0.2) is 9.97 Å². The van der Waals surface area contributed by atoms with E-state index in [0.29, 0.717) is 11.8 Å². The third kappa shape index (κ3) is 5.09. The molecule has 5 nitrogen and oxygen atoms in total. The number of nitrogens with zero attached hydrogens (tertiary/aromatic N) is 4. The van der Waals surface area contributed by atoms with E-state index in [1.54, 1.807) is 7.05 Å². The summed E-state index contributed by atoms with van der Waals surface area (Å²) in [6.45, 7) is 5.62. The van der Waals surface area contributed by atoms with Crippen LogP contribution in [0.5, 0.6) is 0 Å². The normalized spacial score (nSPS) is 12.8. The third-order valence-electron chi connectivity index (χ3n) is 5.20. The third-order valence-corrected chi connectivity index (χ3v) is 5.56. The number of nitrogens with one attached hydrogen (secondary N) is 1. The number of halogens is 7. The Morgan fingerprint density at radius 2 is 1.54 bits per heavy atom. The SMILES string of the molecule is Cn1nc(C(C)(C)C)c(Cl)c1-c1nc2nc(-c3ccccc3C(F)(F)F)cc(C(F)(F)F)c2[nH]1.[H-].[Na+]. The Labute approximate surface area is 224 Å². The molecular formula is C22H19ClF6N5Na. The van der Waals surface area contributed by atoms with Gasteiger partial charge in [0.2, 0.25) is 0 Å². The van der Waals surface area contributed by atoms with E-state index in [-0.39, 0.29) is 47.5 Å². The first-order chi connectivity index (χ1) is 15.6. The van der Waals surface area contributed by atoms with E-state index < -0.39 is 51.3 Å². The molecule has 1 aromatic carbocycles. The molecule has 0 saturated heterocycles. The molecule has 0 atom stereocenters. The molecule has 0 aliphatic rings. The number of pyridine rings is 1. The fourth-order valence-electron chi connectivity index (χ4n) is 3.65. The number of aromatic nitrogens is 5. The Bertz CT molecular complexity index is 1410. The van der Waals surface area contributed by atoms with Gasteiger partial charge in [-0.15, -0.1) is 0 Å². The van der Waals surface area contributed by atoms with Gasteiger partial charge >= 0.3 is 41.9 Å². The largest absolute Gasteiger partial charge is 1.00 e. The summed E-state index contributed by atoms with van der Waals surface area (Å²) in [4.78, 5) is 10.8. The van der Waals surface area contributed by atoms with Crippen molar-refractivity contribution in [2.45, 2.75) is 38.5 Å². The van der Waals surface area contributed by atoms with Gasteiger partial charge in [-0.2, -0.15) is 31.4 Å². The number of hydrogen-bond donors (Lipinski definition) is 1. The van der Waals surface area contributed by atoms with Crippen molar-refractivity contribution in [3.63, 3.8) is 0 Å². The molecule has 4 rings (SSSR count). The Morgan fingerprint density at radius 1 is 0.943 bits per heavy atom. The molecule has 0 aliphatic carbocycles. The summed E-state index contributed by atoms with van der Waals surface area (Å²) in [5, 5.41) is 4.56. The van der Waals surface area contributed by atoms with Crippen LogP contribution in [0.1, 0.15) is 39.0 Å². The Morgan fingerprint density at radius 3 is 2.09 bits per heavy atom. The summed E-state index contributed by atoms with van der Waals surface area (Å²) in [5.74, 6) is -0.0373. The van der Waals surface area contributed by atoms with Gasteiger partial charge < -0.3 is 6.41 Å². The maximum Gasteiger partial charge on any atom is 1.00 e. The minimum absolute atomic E-state index is 0. The summed E-state index contributed by atoms with van der Waals surface area (Å²) in [5.41, 5.74) is -3.86. The van der Waals surface area contributed by atoms with Crippen molar-refractivity contribution in [1.82, 2.24) is 24.7 Å². The molecule has 35 heavy (non-hydrogen) atoms. The molecule has 0 spiro atoms. The second-order valence-electron chi connectivity index (χ2n) is 8.76. The van der Waals surface area contributed by atoms with Crippen LogP contribution in [0, 0.1) is 0 Å².